The molecule has 0 aliphatic rings. The molecule has 24 heavy (non-hydrogen) atoms. The number of imidazole rings is 1. The summed E-state index contributed by atoms with van der Waals surface area (Å²) in [7, 11) is 0. The predicted molar refractivity (Wildman–Crippen MR) is 96.0 cm³/mol. The smallest absolute Gasteiger partial charge is 0.206 e. The molecule has 0 saturated carbocycles. The van der Waals surface area contributed by atoms with Crippen molar-refractivity contribution in [3.05, 3.63) is 72.9 Å². The molecule has 4 N–H and O–H groups in total. The zero-order valence-electron chi connectivity index (χ0n) is 12.9. The van der Waals surface area contributed by atoms with Gasteiger partial charge in [-0.2, -0.15) is 4.98 Å². The summed E-state index contributed by atoms with van der Waals surface area (Å²) in [5.74, 6) is 2.39. The zero-order valence-corrected chi connectivity index (χ0v) is 12.9. The van der Waals surface area contributed by atoms with Gasteiger partial charge < -0.3 is 16.2 Å². The first-order valence-corrected chi connectivity index (χ1v) is 7.58. The van der Waals surface area contributed by atoms with Gasteiger partial charge in [0.1, 0.15) is 11.5 Å². The summed E-state index contributed by atoms with van der Waals surface area (Å²) in [4.78, 5) is 4.14. The Labute approximate surface area is 139 Å². The summed E-state index contributed by atoms with van der Waals surface area (Å²) >= 11 is 0. The van der Waals surface area contributed by atoms with Crippen molar-refractivity contribution in [1.29, 1.82) is 0 Å². The largest absolute Gasteiger partial charge is 0.457 e. The van der Waals surface area contributed by atoms with Crippen molar-refractivity contribution >= 4 is 17.3 Å². The van der Waals surface area contributed by atoms with E-state index >= 15 is 0 Å². The Kier molecular flexibility index (Phi) is 3.31. The van der Waals surface area contributed by atoms with Crippen LogP contribution >= 0.6 is 0 Å². The summed E-state index contributed by atoms with van der Waals surface area (Å²) in [6.45, 7) is 0. The lowest BCUT2D eigenvalue weighted by atomic mass is 10.1. The first-order chi connectivity index (χ1) is 11.7. The fourth-order valence-electron chi connectivity index (χ4n) is 2.75. The predicted octanol–water partition coefficient (Wildman–Crippen LogP) is 3.96. The van der Waals surface area contributed by atoms with Crippen LogP contribution in [0.25, 0.3) is 16.6 Å². The van der Waals surface area contributed by atoms with E-state index in [1.165, 1.54) is 0 Å². The summed E-state index contributed by atoms with van der Waals surface area (Å²) in [5, 5.41) is 0. The monoisotopic (exact) mass is 316 g/mol. The lowest BCUT2D eigenvalue weighted by Crippen LogP contribution is -1.94. The van der Waals surface area contributed by atoms with Crippen LogP contribution in [0.2, 0.25) is 0 Å². The second kappa shape index (κ2) is 5.62. The number of hydrogen-bond donors (Lipinski definition) is 2. The molecule has 0 atom stereocenters. The summed E-state index contributed by atoms with van der Waals surface area (Å²) in [6.07, 6.45) is 1.85. The minimum Gasteiger partial charge on any atom is -0.457 e. The van der Waals surface area contributed by atoms with Crippen LogP contribution in [0.4, 0.5) is 11.8 Å². The van der Waals surface area contributed by atoms with Crippen molar-refractivity contribution < 1.29 is 4.74 Å². The molecule has 5 nitrogen and oxygen atoms in total. The number of benzene rings is 2. The van der Waals surface area contributed by atoms with Gasteiger partial charge in [0.2, 0.25) is 5.95 Å². The van der Waals surface area contributed by atoms with Crippen LogP contribution in [0.15, 0.2) is 72.9 Å². The number of rotatable bonds is 3. The molecule has 0 spiro atoms. The van der Waals surface area contributed by atoms with Gasteiger partial charge in [0.15, 0.2) is 5.82 Å². The highest BCUT2D eigenvalue weighted by atomic mass is 16.5. The maximum atomic E-state index is 6.01. The lowest BCUT2D eigenvalue weighted by molar-refractivity contribution is 0.483. The van der Waals surface area contributed by atoms with Gasteiger partial charge in [-0.25, -0.2) is 0 Å². The van der Waals surface area contributed by atoms with Crippen molar-refractivity contribution in [3.8, 4) is 22.6 Å². The number of hydrogen-bond acceptors (Lipinski definition) is 4. The number of aromatic nitrogens is 2. The third kappa shape index (κ3) is 2.42. The molecule has 0 saturated heterocycles. The Bertz CT molecular complexity index is 991. The van der Waals surface area contributed by atoms with Gasteiger partial charge in [0, 0.05) is 11.8 Å². The molecule has 0 amide bonds. The minimum atomic E-state index is 0.383. The van der Waals surface area contributed by atoms with E-state index < -0.39 is 0 Å². The number of fused-ring (bicyclic) bond motifs is 1. The second-order valence-electron chi connectivity index (χ2n) is 5.44. The number of nitrogen functional groups attached to an aromatic ring is 2. The first-order valence-electron chi connectivity index (χ1n) is 7.58. The molecule has 0 aliphatic heterocycles. The molecule has 4 aromatic rings. The van der Waals surface area contributed by atoms with E-state index in [9.17, 15) is 0 Å². The van der Waals surface area contributed by atoms with Crippen LogP contribution < -0.4 is 16.2 Å². The third-order valence-corrected chi connectivity index (χ3v) is 3.86. The molecule has 2 aromatic heterocycles. The van der Waals surface area contributed by atoms with Gasteiger partial charge in [-0.3, -0.25) is 4.40 Å². The van der Waals surface area contributed by atoms with Crippen molar-refractivity contribution in [3.63, 3.8) is 0 Å². The topological polar surface area (TPSA) is 78.6 Å². The molecular formula is C19H16N4O. The van der Waals surface area contributed by atoms with Gasteiger partial charge in [0.05, 0.1) is 5.52 Å². The highest BCUT2D eigenvalue weighted by molar-refractivity contribution is 5.88. The molecule has 2 heterocycles. The van der Waals surface area contributed by atoms with Gasteiger partial charge in [-0.1, -0.05) is 36.4 Å². The fraction of sp³-hybridized carbons (Fsp3) is 0. The van der Waals surface area contributed by atoms with E-state index in [0.717, 1.165) is 28.1 Å². The maximum Gasteiger partial charge on any atom is 0.206 e. The number of nitrogens with zero attached hydrogens (tertiary/aromatic N) is 2. The molecule has 5 heteroatoms. The number of nitrogens with two attached hydrogens (primary N) is 2. The van der Waals surface area contributed by atoms with Crippen LogP contribution in [0.5, 0.6) is 11.5 Å². The zero-order chi connectivity index (χ0) is 16.5. The molecule has 4 rings (SSSR count). The van der Waals surface area contributed by atoms with E-state index in [-0.39, 0.29) is 0 Å². The van der Waals surface area contributed by atoms with E-state index in [1.54, 1.807) is 4.40 Å². The third-order valence-electron chi connectivity index (χ3n) is 3.86. The fourth-order valence-corrected chi connectivity index (χ4v) is 2.75. The number of ether oxygens (including phenoxy) is 1. The molecule has 2 aromatic carbocycles. The summed E-state index contributed by atoms with van der Waals surface area (Å²) in [6, 6.07) is 21.5. The van der Waals surface area contributed by atoms with E-state index in [2.05, 4.69) is 4.98 Å². The molecule has 0 radical (unpaired) electrons. The standard InChI is InChI=1S/C19H16N4O/c20-18-17-16(7-4-12-23(17)19(21)22-18)13-8-10-15(11-9-13)24-14-5-2-1-3-6-14/h1-12H,20H2,(H2,21,22). The Morgan fingerprint density at radius 3 is 2.25 bits per heavy atom. The molecular weight excluding hydrogens is 300 g/mol. The van der Waals surface area contributed by atoms with Crippen LogP contribution in [-0.4, -0.2) is 9.38 Å². The summed E-state index contributed by atoms with van der Waals surface area (Å²) < 4.78 is 7.61. The van der Waals surface area contributed by atoms with Crippen LogP contribution in [-0.2, 0) is 0 Å². The highest BCUT2D eigenvalue weighted by Gasteiger charge is 2.11. The van der Waals surface area contributed by atoms with Crippen molar-refractivity contribution in [2.75, 3.05) is 11.5 Å². The number of para-hydroxylation sites is 1. The minimum absolute atomic E-state index is 0.383. The molecule has 118 valence electrons. The van der Waals surface area contributed by atoms with Gasteiger partial charge in [0.25, 0.3) is 0 Å². The lowest BCUT2D eigenvalue weighted by Gasteiger charge is -2.08. The Morgan fingerprint density at radius 2 is 1.50 bits per heavy atom. The maximum absolute atomic E-state index is 6.01. The van der Waals surface area contributed by atoms with Crippen molar-refractivity contribution in [2.45, 2.75) is 0 Å². The van der Waals surface area contributed by atoms with Crippen molar-refractivity contribution in [2.24, 2.45) is 0 Å². The molecule has 0 unspecified atom stereocenters. The van der Waals surface area contributed by atoms with Crippen LogP contribution in [0.3, 0.4) is 0 Å². The SMILES string of the molecule is Nc1nc(N)n2cccc(-c3ccc(Oc4ccccc4)cc3)c12. The van der Waals surface area contributed by atoms with Gasteiger partial charge in [-0.15, -0.1) is 0 Å². The average Bonchev–Trinajstić information content (AvgIpc) is 2.91. The molecule has 0 fully saturated rings. The van der Waals surface area contributed by atoms with E-state index in [4.69, 9.17) is 16.2 Å². The van der Waals surface area contributed by atoms with E-state index in [1.807, 2.05) is 72.9 Å². The van der Waals surface area contributed by atoms with Gasteiger partial charge in [-0.05, 0) is 35.9 Å². The highest BCUT2D eigenvalue weighted by Crippen LogP contribution is 2.31. The van der Waals surface area contributed by atoms with E-state index in [0.29, 0.717) is 11.8 Å². The average molecular weight is 316 g/mol. The molecule has 0 bridgehead atoms. The Balaban J connectivity index is 1.71. The Morgan fingerprint density at radius 1 is 0.792 bits per heavy atom. The van der Waals surface area contributed by atoms with Crippen LogP contribution in [0.1, 0.15) is 0 Å². The van der Waals surface area contributed by atoms with Crippen LogP contribution in [0, 0.1) is 0 Å². The summed E-state index contributed by atoms with van der Waals surface area (Å²) in [5.41, 5.74) is 14.7. The van der Waals surface area contributed by atoms with Crippen molar-refractivity contribution in [1.82, 2.24) is 9.38 Å². The Hall–Kier alpha value is -3.47. The van der Waals surface area contributed by atoms with Gasteiger partial charge >= 0.3 is 0 Å². The molecule has 0 aliphatic carbocycles. The second-order valence-corrected chi connectivity index (χ2v) is 5.44. The quantitative estimate of drug-likeness (QED) is 0.599. The number of pyridine rings is 1. The number of anilines is 2. The normalized spacial score (nSPS) is 10.8. The first kappa shape index (κ1) is 14.1.